The average molecular weight is 334 g/mol. The first kappa shape index (κ1) is 14.5. The summed E-state index contributed by atoms with van der Waals surface area (Å²) >= 11 is 5.96. The number of nitrogens with zero attached hydrogens (tertiary/aromatic N) is 4. The van der Waals surface area contributed by atoms with Crippen molar-refractivity contribution in [3.05, 3.63) is 29.4 Å². The van der Waals surface area contributed by atoms with Crippen LogP contribution < -0.4 is 5.32 Å². The van der Waals surface area contributed by atoms with Crippen molar-refractivity contribution < 1.29 is 9.15 Å². The van der Waals surface area contributed by atoms with Crippen LogP contribution in [-0.2, 0) is 4.74 Å². The van der Waals surface area contributed by atoms with Crippen molar-refractivity contribution in [2.24, 2.45) is 0 Å². The van der Waals surface area contributed by atoms with Gasteiger partial charge in [-0.3, -0.25) is 0 Å². The molecule has 0 aromatic carbocycles. The molecule has 23 heavy (non-hydrogen) atoms. The van der Waals surface area contributed by atoms with Crippen LogP contribution in [-0.4, -0.2) is 26.4 Å². The molecule has 1 unspecified atom stereocenters. The summed E-state index contributed by atoms with van der Waals surface area (Å²) in [6.07, 6.45) is 4.79. The fraction of sp³-hybridized carbons (Fsp3) is 0.400. The number of rotatable bonds is 3. The molecule has 120 valence electrons. The number of halogens is 1. The molecule has 0 bridgehead atoms. The summed E-state index contributed by atoms with van der Waals surface area (Å²) in [4.78, 5) is 8.30. The van der Waals surface area contributed by atoms with Gasteiger partial charge < -0.3 is 14.5 Å². The van der Waals surface area contributed by atoms with Gasteiger partial charge in [-0.2, -0.15) is 10.1 Å². The number of hydrogen-bond acceptors (Lipinski definition) is 6. The first-order chi connectivity index (χ1) is 11.2. The number of furan rings is 1. The third-order valence-electron chi connectivity index (χ3n) is 3.87. The lowest BCUT2D eigenvalue weighted by molar-refractivity contribution is -0.0404. The summed E-state index contributed by atoms with van der Waals surface area (Å²) in [6.45, 7) is 2.78. The van der Waals surface area contributed by atoms with Crippen LogP contribution >= 0.6 is 11.6 Å². The molecule has 7 nitrogen and oxygen atoms in total. The van der Waals surface area contributed by atoms with E-state index in [2.05, 4.69) is 20.4 Å². The van der Waals surface area contributed by atoms with Gasteiger partial charge in [-0.15, -0.1) is 0 Å². The first-order valence-electron chi connectivity index (χ1n) is 7.56. The lowest BCUT2D eigenvalue weighted by Crippen LogP contribution is -2.20. The van der Waals surface area contributed by atoms with E-state index < -0.39 is 0 Å². The van der Waals surface area contributed by atoms with Crippen LogP contribution in [0, 0.1) is 6.92 Å². The van der Waals surface area contributed by atoms with Crippen LogP contribution in [0.15, 0.2) is 22.8 Å². The summed E-state index contributed by atoms with van der Waals surface area (Å²) < 4.78 is 13.1. The predicted octanol–water partition coefficient (Wildman–Crippen LogP) is 3.82. The van der Waals surface area contributed by atoms with Crippen molar-refractivity contribution in [3.63, 3.8) is 0 Å². The molecule has 1 atom stereocenters. The fourth-order valence-corrected chi connectivity index (χ4v) is 2.97. The SMILES string of the molecule is Cc1cc(Nc2nc(Cl)nc3ccoc23)nn1C1CCCCO1. The minimum absolute atomic E-state index is 0.00285. The van der Waals surface area contributed by atoms with Crippen LogP contribution in [0.5, 0.6) is 0 Å². The maximum absolute atomic E-state index is 5.96. The standard InChI is InChI=1S/C15H16ClN5O2/c1-9-8-11(20-21(9)12-4-2-3-6-22-12)18-14-13-10(5-7-23-13)17-15(16)19-14/h5,7-8,12H,2-4,6H2,1H3,(H,17,18,19,20). The zero-order valence-electron chi connectivity index (χ0n) is 12.6. The normalized spacial score (nSPS) is 18.4. The predicted molar refractivity (Wildman–Crippen MR) is 85.9 cm³/mol. The van der Waals surface area contributed by atoms with Crippen molar-refractivity contribution in [1.82, 2.24) is 19.7 Å². The second-order valence-corrected chi connectivity index (χ2v) is 5.88. The van der Waals surface area contributed by atoms with Crippen LogP contribution in [0.3, 0.4) is 0 Å². The Balaban J connectivity index is 1.64. The molecule has 1 fully saturated rings. The average Bonchev–Trinajstić information content (AvgIpc) is 3.14. The van der Waals surface area contributed by atoms with E-state index in [4.69, 9.17) is 20.8 Å². The number of nitrogens with one attached hydrogen (secondary N) is 1. The number of ether oxygens (including phenoxy) is 1. The van der Waals surface area contributed by atoms with Gasteiger partial charge in [-0.1, -0.05) is 0 Å². The van der Waals surface area contributed by atoms with Crippen LogP contribution in [0.4, 0.5) is 11.6 Å². The highest BCUT2D eigenvalue weighted by atomic mass is 35.5. The van der Waals surface area contributed by atoms with E-state index in [1.807, 2.05) is 17.7 Å². The zero-order valence-corrected chi connectivity index (χ0v) is 13.4. The molecule has 0 radical (unpaired) electrons. The molecule has 3 aromatic rings. The van der Waals surface area contributed by atoms with Gasteiger partial charge >= 0.3 is 0 Å². The number of hydrogen-bond donors (Lipinski definition) is 1. The van der Waals surface area contributed by atoms with Crippen LogP contribution in [0.2, 0.25) is 5.28 Å². The smallest absolute Gasteiger partial charge is 0.225 e. The van der Waals surface area contributed by atoms with E-state index >= 15 is 0 Å². The second kappa shape index (κ2) is 5.82. The number of aromatic nitrogens is 4. The molecule has 1 aliphatic heterocycles. The van der Waals surface area contributed by atoms with Gasteiger partial charge in [-0.05, 0) is 37.8 Å². The Bertz CT molecular complexity index is 838. The first-order valence-corrected chi connectivity index (χ1v) is 7.94. The van der Waals surface area contributed by atoms with Crippen molar-refractivity contribution in [2.75, 3.05) is 11.9 Å². The largest absolute Gasteiger partial charge is 0.459 e. The molecule has 0 saturated carbocycles. The molecular formula is C15H16ClN5O2. The Morgan fingerprint density at radius 1 is 1.35 bits per heavy atom. The Labute approximate surface area is 137 Å². The van der Waals surface area contributed by atoms with Crippen LogP contribution in [0.25, 0.3) is 11.1 Å². The summed E-state index contributed by atoms with van der Waals surface area (Å²) in [5, 5.41) is 7.90. The minimum atomic E-state index is -0.00285. The van der Waals surface area contributed by atoms with E-state index in [1.165, 1.54) is 0 Å². The Kier molecular flexibility index (Phi) is 3.66. The molecule has 1 aliphatic rings. The van der Waals surface area contributed by atoms with E-state index in [0.29, 0.717) is 22.7 Å². The van der Waals surface area contributed by atoms with Crippen molar-refractivity contribution in [1.29, 1.82) is 0 Å². The minimum Gasteiger partial charge on any atom is -0.459 e. The molecule has 0 aliphatic carbocycles. The highest BCUT2D eigenvalue weighted by Gasteiger charge is 2.19. The van der Waals surface area contributed by atoms with E-state index in [9.17, 15) is 0 Å². The third kappa shape index (κ3) is 2.77. The van der Waals surface area contributed by atoms with Crippen LogP contribution in [0.1, 0.15) is 31.2 Å². The molecule has 1 N–H and O–H groups in total. The topological polar surface area (TPSA) is 78.0 Å². The molecule has 4 heterocycles. The fourth-order valence-electron chi connectivity index (χ4n) is 2.80. The third-order valence-corrected chi connectivity index (χ3v) is 4.04. The summed E-state index contributed by atoms with van der Waals surface area (Å²) in [5.74, 6) is 1.17. The van der Waals surface area contributed by atoms with E-state index in [-0.39, 0.29) is 11.5 Å². The Morgan fingerprint density at radius 3 is 3.09 bits per heavy atom. The number of fused-ring (bicyclic) bond motifs is 1. The number of aryl methyl sites for hydroxylation is 1. The van der Waals surface area contributed by atoms with E-state index in [0.717, 1.165) is 31.6 Å². The zero-order chi connectivity index (χ0) is 15.8. The van der Waals surface area contributed by atoms with Gasteiger partial charge in [0.15, 0.2) is 23.4 Å². The van der Waals surface area contributed by atoms with Crippen molar-refractivity contribution in [2.45, 2.75) is 32.4 Å². The molecule has 8 heteroatoms. The molecule has 0 spiro atoms. The quantitative estimate of drug-likeness (QED) is 0.734. The lowest BCUT2D eigenvalue weighted by atomic mass is 10.2. The molecule has 0 amide bonds. The highest BCUT2D eigenvalue weighted by Crippen LogP contribution is 2.28. The monoisotopic (exact) mass is 333 g/mol. The van der Waals surface area contributed by atoms with E-state index in [1.54, 1.807) is 12.3 Å². The maximum Gasteiger partial charge on any atom is 0.225 e. The van der Waals surface area contributed by atoms with Gasteiger partial charge in [0.2, 0.25) is 5.28 Å². The second-order valence-electron chi connectivity index (χ2n) is 5.54. The lowest BCUT2D eigenvalue weighted by Gasteiger charge is -2.23. The molecular weight excluding hydrogens is 318 g/mol. The molecule has 3 aromatic heterocycles. The summed E-state index contributed by atoms with van der Waals surface area (Å²) in [6, 6.07) is 3.69. The Morgan fingerprint density at radius 2 is 2.26 bits per heavy atom. The highest BCUT2D eigenvalue weighted by molar-refractivity contribution is 6.28. The summed E-state index contributed by atoms with van der Waals surface area (Å²) in [5.41, 5.74) is 2.23. The van der Waals surface area contributed by atoms with Gasteiger partial charge in [0.1, 0.15) is 5.52 Å². The maximum atomic E-state index is 5.96. The number of anilines is 2. The van der Waals surface area contributed by atoms with Gasteiger partial charge in [0, 0.05) is 24.4 Å². The summed E-state index contributed by atoms with van der Waals surface area (Å²) in [7, 11) is 0. The van der Waals surface area contributed by atoms with Crippen molar-refractivity contribution in [3.8, 4) is 0 Å². The van der Waals surface area contributed by atoms with Crippen molar-refractivity contribution >= 4 is 34.3 Å². The molecule has 4 rings (SSSR count). The van der Waals surface area contributed by atoms with Gasteiger partial charge in [0.25, 0.3) is 0 Å². The Hall–Kier alpha value is -2.12. The molecule has 1 saturated heterocycles. The van der Waals surface area contributed by atoms with Gasteiger partial charge in [0.05, 0.1) is 6.26 Å². The van der Waals surface area contributed by atoms with Gasteiger partial charge in [-0.25, -0.2) is 9.67 Å².